The highest BCUT2D eigenvalue weighted by molar-refractivity contribution is 5.75. The van der Waals surface area contributed by atoms with Gasteiger partial charge < -0.3 is 14.6 Å². The van der Waals surface area contributed by atoms with Crippen molar-refractivity contribution >= 4 is 5.91 Å². The summed E-state index contributed by atoms with van der Waals surface area (Å²) >= 11 is 0. The predicted octanol–water partition coefficient (Wildman–Crippen LogP) is 4.41. The maximum Gasteiger partial charge on any atom is 0.226 e. The van der Waals surface area contributed by atoms with Crippen LogP contribution in [0.25, 0.3) is 11.4 Å². The zero-order valence-corrected chi connectivity index (χ0v) is 19.4. The predicted molar refractivity (Wildman–Crippen MR) is 124 cm³/mol. The molecule has 1 unspecified atom stereocenters. The first-order valence-corrected chi connectivity index (χ1v) is 11.3. The van der Waals surface area contributed by atoms with Gasteiger partial charge in [0, 0.05) is 24.9 Å². The summed E-state index contributed by atoms with van der Waals surface area (Å²) in [6.45, 7) is 6.50. The van der Waals surface area contributed by atoms with Crippen LogP contribution in [0.2, 0.25) is 0 Å². The van der Waals surface area contributed by atoms with Crippen LogP contribution in [0.15, 0.2) is 53.1 Å². The average Bonchev–Trinajstić information content (AvgIpc) is 3.31. The van der Waals surface area contributed by atoms with Crippen molar-refractivity contribution in [3.63, 3.8) is 0 Å². The number of hydrogen-bond acceptors (Lipinski definition) is 6. The number of benzene rings is 2. The molecule has 0 aliphatic rings. The van der Waals surface area contributed by atoms with Crippen molar-refractivity contribution in [1.82, 2.24) is 20.4 Å². The van der Waals surface area contributed by atoms with Gasteiger partial charge in [-0.1, -0.05) is 31.1 Å². The first-order chi connectivity index (χ1) is 16.0. The fourth-order valence-corrected chi connectivity index (χ4v) is 3.74. The second kappa shape index (κ2) is 12.1. The molecule has 1 N–H and O–H groups in total. The number of nitrogens with one attached hydrogen (secondary N) is 1. The van der Waals surface area contributed by atoms with Crippen LogP contribution in [0.4, 0.5) is 4.39 Å². The minimum Gasteiger partial charge on any atom is -0.497 e. The molecule has 2 aromatic carbocycles. The van der Waals surface area contributed by atoms with E-state index >= 15 is 0 Å². The molecule has 0 fully saturated rings. The number of carbonyl (C=O) groups is 1. The lowest BCUT2D eigenvalue weighted by Gasteiger charge is -2.30. The number of likely N-dealkylation sites (N-methyl/N-ethyl adjacent to an activating group) is 1. The van der Waals surface area contributed by atoms with E-state index in [-0.39, 0.29) is 17.8 Å². The van der Waals surface area contributed by atoms with Crippen molar-refractivity contribution in [1.29, 1.82) is 0 Å². The number of halogens is 1. The van der Waals surface area contributed by atoms with E-state index in [4.69, 9.17) is 9.26 Å². The van der Waals surface area contributed by atoms with Gasteiger partial charge in [-0.2, -0.15) is 4.98 Å². The summed E-state index contributed by atoms with van der Waals surface area (Å²) in [4.78, 5) is 19.1. The van der Waals surface area contributed by atoms with Crippen LogP contribution in [0.3, 0.4) is 0 Å². The van der Waals surface area contributed by atoms with E-state index in [2.05, 4.69) is 40.3 Å². The molecule has 0 saturated carbocycles. The molecule has 0 aliphatic heterocycles. The molecule has 8 heteroatoms. The molecule has 1 amide bonds. The molecule has 1 heterocycles. The van der Waals surface area contributed by atoms with Crippen LogP contribution in [0.5, 0.6) is 5.75 Å². The standard InChI is InChI=1S/C25H31FN4O3/c1-4-30(5-2)22(19-8-6-9-21(16-19)32-3)17-27-23(31)10-7-11-24-28-25(29-33-24)18-12-14-20(26)15-13-18/h6,8-9,12-16,22H,4-5,7,10-11,17H2,1-3H3,(H,27,31). The number of aromatic nitrogens is 2. The van der Waals surface area contributed by atoms with Gasteiger partial charge in [0.2, 0.25) is 17.6 Å². The Hall–Kier alpha value is -3.26. The van der Waals surface area contributed by atoms with Gasteiger partial charge in [0.05, 0.1) is 13.2 Å². The summed E-state index contributed by atoms with van der Waals surface area (Å²) in [6, 6.07) is 13.9. The number of hydrogen-bond donors (Lipinski definition) is 1. The number of amides is 1. The minimum absolute atomic E-state index is 0.0201. The molecule has 0 aliphatic carbocycles. The van der Waals surface area contributed by atoms with E-state index in [0.29, 0.717) is 43.1 Å². The topological polar surface area (TPSA) is 80.5 Å². The SMILES string of the molecule is CCN(CC)C(CNC(=O)CCCc1nc(-c2ccc(F)cc2)no1)c1cccc(OC)c1. The van der Waals surface area contributed by atoms with Crippen molar-refractivity contribution in [2.45, 2.75) is 39.2 Å². The van der Waals surface area contributed by atoms with Gasteiger partial charge in [-0.15, -0.1) is 0 Å². The molecule has 0 spiro atoms. The highest BCUT2D eigenvalue weighted by Crippen LogP contribution is 2.24. The molecule has 3 aromatic rings. The largest absolute Gasteiger partial charge is 0.497 e. The maximum absolute atomic E-state index is 13.1. The third-order valence-electron chi connectivity index (χ3n) is 5.59. The zero-order valence-electron chi connectivity index (χ0n) is 19.4. The number of carbonyl (C=O) groups excluding carboxylic acids is 1. The molecule has 3 rings (SSSR count). The monoisotopic (exact) mass is 454 g/mol. The number of rotatable bonds is 12. The quantitative estimate of drug-likeness (QED) is 0.437. The Bertz CT molecular complexity index is 1020. The van der Waals surface area contributed by atoms with Gasteiger partial charge in [-0.05, 0) is 61.5 Å². The lowest BCUT2D eigenvalue weighted by molar-refractivity contribution is -0.121. The smallest absolute Gasteiger partial charge is 0.226 e. The van der Waals surface area contributed by atoms with E-state index in [1.54, 1.807) is 19.2 Å². The number of nitrogens with zero attached hydrogens (tertiary/aromatic N) is 3. The second-order valence-electron chi connectivity index (χ2n) is 7.69. The molecule has 176 valence electrons. The van der Waals surface area contributed by atoms with E-state index in [1.165, 1.54) is 12.1 Å². The molecule has 0 bridgehead atoms. The third kappa shape index (κ3) is 6.86. The summed E-state index contributed by atoms with van der Waals surface area (Å²) in [5.74, 6) is 1.33. The summed E-state index contributed by atoms with van der Waals surface area (Å²) < 4.78 is 23.7. The highest BCUT2D eigenvalue weighted by atomic mass is 19.1. The van der Waals surface area contributed by atoms with Gasteiger partial charge in [-0.25, -0.2) is 4.39 Å². The van der Waals surface area contributed by atoms with Gasteiger partial charge in [0.1, 0.15) is 11.6 Å². The molecular weight excluding hydrogens is 423 g/mol. The summed E-state index contributed by atoms with van der Waals surface area (Å²) in [5.41, 5.74) is 1.79. The Morgan fingerprint density at radius 2 is 1.94 bits per heavy atom. The second-order valence-corrected chi connectivity index (χ2v) is 7.69. The zero-order chi connectivity index (χ0) is 23.6. The normalized spacial score (nSPS) is 12.0. The first-order valence-electron chi connectivity index (χ1n) is 11.3. The van der Waals surface area contributed by atoms with Crippen molar-refractivity contribution in [2.24, 2.45) is 0 Å². The van der Waals surface area contributed by atoms with Gasteiger partial charge in [0.15, 0.2) is 0 Å². The maximum atomic E-state index is 13.1. The number of ether oxygens (including phenoxy) is 1. The van der Waals surface area contributed by atoms with Crippen molar-refractivity contribution < 1.29 is 18.4 Å². The van der Waals surface area contributed by atoms with Crippen molar-refractivity contribution in [3.05, 3.63) is 65.8 Å². The minimum atomic E-state index is -0.317. The molecule has 0 saturated heterocycles. The first kappa shape index (κ1) is 24.4. The molecule has 33 heavy (non-hydrogen) atoms. The van der Waals surface area contributed by atoms with Gasteiger partial charge >= 0.3 is 0 Å². The fourth-order valence-electron chi connectivity index (χ4n) is 3.74. The molecule has 1 aromatic heterocycles. The van der Waals surface area contributed by atoms with E-state index in [9.17, 15) is 9.18 Å². The van der Waals surface area contributed by atoms with Crippen LogP contribution in [0, 0.1) is 5.82 Å². The molecule has 1 atom stereocenters. The highest BCUT2D eigenvalue weighted by Gasteiger charge is 2.19. The Labute approximate surface area is 193 Å². The van der Waals surface area contributed by atoms with E-state index in [0.717, 1.165) is 24.4 Å². The van der Waals surface area contributed by atoms with E-state index in [1.807, 2.05) is 18.2 Å². The van der Waals surface area contributed by atoms with Gasteiger partial charge in [0.25, 0.3) is 0 Å². The Morgan fingerprint density at radius 1 is 1.18 bits per heavy atom. The van der Waals surface area contributed by atoms with Crippen LogP contribution in [0.1, 0.15) is 44.2 Å². The Kier molecular flexibility index (Phi) is 8.95. The fraction of sp³-hybridized carbons (Fsp3) is 0.400. The number of aryl methyl sites for hydroxylation is 1. The average molecular weight is 455 g/mol. The van der Waals surface area contributed by atoms with Crippen LogP contribution in [-0.4, -0.2) is 47.7 Å². The van der Waals surface area contributed by atoms with Crippen LogP contribution >= 0.6 is 0 Å². The molecule has 7 nitrogen and oxygen atoms in total. The van der Waals surface area contributed by atoms with Gasteiger partial charge in [-0.3, -0.25) is 9.69 Å². The van der Waals surface area contributed by atoms with Crippen LogP contribution in [-0.2, 0) is 11.2 Å². The molecular formula is C25H31FN4O3. The lowest BCUT2D eigenvalue weighted by atomic mass is 10.0. The van der Waals surface area contributed by atoms with E-state index < -0.39 is 0 Å². The third-order valence-corrected chi connectivity index (χ3v) is 5.59. The Morgan fingerprint density at radius 3 is 2.64 bits per heavy atom. The summed E-state index contributed by atoms with van der Waals surface area (Å²) in [7, 11) is 1.65. The summed E-state index contributed by atoms with van der Waals surface area (Å²) in [6.07, 6.45) is 1.44. The Balaban J connectivity index is 1.51. The lowest BCUT2D eigenvalue weighted by Crippen LogP contribution is -2.38. The van der Waals surface area contributed by atoms with Crippen molar-refractivity contribution in [3.8, 4) is 17.1 Å². The van der Waals surface area contributed by atoms with Crippen LogP contribution < -0.4 is 10.1 Å². The van der Waals surface area contributed by atoms with Crippen molar-refractivity contribution in [2.75, 3.05) is 26.7 Å². The summed E-state index contributed by atoms with van der Waals surface area (Å²) in [5, 5.41) is 7.00. The molecule has 0 radical (unpaired) electrons. The number of methoxy groups -OCH3 is 1.